The molecule has 1 unspecified atom stereocenters. The van der Waals surface area contributed by atoms with Gasteiger partial charge in [0.1, 0.15) is 5.69 Å². The van der Waals surface area contributed by atoms with Crippen LogP contribution in [0, 0.1) is 24.0 Å². The van der Waals surface area contributed by atoms with Crippen molar-refractivity contribution in [3.8, 4) is 0 Å². The average Bonchev–Trinajstić information content (AvgIpc) is 3.07. The Labute approximate surface area is 153 Å². The van der Waals surface area contributed by atoms with Gasteiger partial charge in [-0.1, -0.05) is 36.4 Å². The summed E-state index contributed by atoms with van der Waals surface area (Å²) in [5, 5.41) is 14.1. The van der Waals surface area contributed by atoms with E-state index in [1.807, 2.05) is 25.1 Å². The molecule has 1 fully saturated rings. The van der Waals surface area contributed by atoms with Gasteiger partial charge in [-0.15, -0.1) is 0 Å². The van der Waals surface area contributed by atoms with Gasteiger partial charge in [-0.3, -0.25) is 19.8 Å². The Balaban J connectivity index is 1.75. The minimum Gasteiger partial charge on any atom is -0.319 e. The van der Waals surface area contributed by atoms with Gasteiger partial charge in [0.25, 0.3) is 5.69 Å². The van der Waals surface area contributed by atoms with Crippen LogP contribution >= 0.6 is 0 Å². The van der Waals surface area contributed by atoms with Gasteiger partial charge in [0, 0.05) is 12.1 Å². The third kappa shape index (κ3) is 3.75. The van der Waals surface area contributed by atoms with Crippen LogP contribution in [0.15, 0.2) is 42.5 Å². The number of nitrogens with one attached hydrogen (secondary N) is 1. The molecule has 1 N–H and O–H groups in total. The van der Waals surface area contributed by atoms with Crippen LogP contribution in [-0.2, 0) is 4.79 Å². The second kappa shape index (κ2) is 7.66. The predicted octanol–water partition coefficient (Wildman–Crippen LogP) is 3.99. The maximum atomic E-state index is 12.6. The Kier molecular flexibility index (Phi) is 5.32. The summed E-state index contributed by atoms with van der Waals surface area (Å²) in [5.74, 6) is -0.218. The van der Waals surface area contributed by atoms with Gasteiger partial charge >= 0.3 is 0 Å². The van der Waals surface area contributed by atoms with Crippen LogP contribution in [0.2, 0.25) is 0 Å². The Morgan fingerprint density at radius 3 is 2.65 bits per heavy atom. The van der Waals surface area contributed by atoms with Crippen LogP contribution in [0.25, 0.3) is 0 Å². The maximum absolute atomic E-state index is 12.6. The van der Waals surface area contributed by atoms with E-state index in [0.29, 0.717) is 5.69 Å². The normalized spacial score (nSPS) is 17.2. The number of hydrogen-bond acceptors (Lipinski definition) is 4. The highest BCUT2D eigenvalue weighted by molar-refractivity contribution is 5.95. The molecule has 1 aliphatic rings. The molecule has 1 atom stereocenters. The molecule has 0 radical (unpaired) electrons. The molecule has 6 heteroatoms. The maximum Gasteiger partial charge on any atom is 0.293 e. The largest absolute Gasteiger partial charge is 0.319 e. The summed E-state index contributed by atoms with van der Waals surface area (Å²) in [4.78, 5) is 25.6. The van der Waals surface area contributed by atoms with E-state index in [0.717, 1.165) is 30.5 Å². The molecule has 6 nitrogen and oxygen atoms in total. The van der Waals surface area contributed by atoms with Crippen LogP contribution in [0.3, 0.4) is 0 Å². The van der Waals surface area contributed by atoms with Crippen molar-refractivity contribution in [1.82, 2.24) is 4.90 Å². The van der Waals surface area contributed by atoms with E-state index >= 15 is 0 Å². The topological polar surface area (TPSA) is 75.5 Å². The van der Waals surface area contributed by atoms with Gasteiger partial charge in [-0.2, -0.15) is 0 Å². The highest BCUT2D eigenvalue weighted by atomic mass is 16.6. The minimum atomic E-state index is -0.454. The SMILES string of the molecule is Cc1ccc([N+](=O)[O-])c(NC(=O)CN2CCCC2c2ccccc2)c1C. The number of nitro groups is 1. The summed E-state index contributed by atoms with van der Waals surface area (Å²) < 4.78 is 0. The monoisotopic (exact) mass is 353 g/mol. The Morgan fingerprint density at radius 1 is 1.23 bits per heavy atom. The zero-order valence-corrected chi connectivity index (χ0v) is 15.1. The molecular formula is C20H23N3O3. The first-order valence-electron chi connectivity index (χ1n) is 8.81. The fourth-order valence-corrected chi connectivity index (χ4v) is 3.54. The third-order valence-electron chi connectivity index (χ3n) is 5.07. The van der Waals surface area contributed by atoms with E-state index in [1.165, 1.54) is 11.6 Å². The zero-order valence-electron chi connectivity index (χ0n) is 15.1. The molecule has 0 aromatic heterocycles. The van der Waals surface area contributed by atoms with Gasteiger partial charge in [0.15, 0.2) is 0 Å². The number of likely N-dealkylation sites (tertiary alicyclic amines) is 1. The number of carbonyl (C=O) groups excluding carboxylic acids is 1. The number of amides is 1. The van der Waals surface area contributed by atoms with E-state index in [9.17, 15) is 14.9 Å². The second-order valence-corrected chi connectivity index (χ2v) is 6.75. The predicted molar refractivity (Wildman–Crippen MR) is 101 cm³/mol. The first kappa shape index (κ1) is 18.1. The molecule has 0 bridgehead atoms. The summed E-state index contributed by atoms with van der Waals surface area (Å²) in [6.45, 7) is 4.74. The van der Waals surface area contributed by atoms with Crippen LogP contribution in [0.4, 0.5) is 11.4 Å². The molecule has 3 rings (SSSR count). The average molecular weight is 353 g/mol. The van der Waals surface area contributed by atoms with Crippen molar-refractivity contribution < 1.29 is 9.72 Å². The molecule has 0 aliphatic carbocycles. The van der Waals surface area contributed by atoms with Crippen molar-refractivity contribution in [2.45, 2.75) is 32.7 Å². The third-order valence-corrected chi connectivity index (χ3v) is 5.07. The number of benzene rings is 2. The lowest BCUT2D eigenvalue weighted by molar-refractivity contribution is -0.384. The lowest BCUT2D eigenvalue weighted by Gasteiger charge is -2.24. The molecular weight excluding hydrogens is 330 g/mol. The van der Waals surface area contributed by atoms with Gasteiger partial charge < -0.3 is 5.32 Å². The highest BCUT2D eigenvalue weighted by Gasteiger charge is 2.28. The van der Waals surface area contributed by atoms with Gasteiger partial charge in [0.05, 0.1) is 11.5 Å². The molecule has 0 spiro atoms. The van der Waals surface area contributed by atoms with Crippen LogP contribution in [0.1, 0.15) is 35.6 Å². The number of rotatable bonds is 5. The van der Waals surface area contributed by atoms with Crippen molar-refractivity contribution >= 4 is 17.3 Å². The van der Waals surface area contributed by atoms with Crippen LogP contribution < -0.4 is 5.32 Å². The Hall–Kier alpha value is -2.73. The van der Waals surface area contributed by atoms with Crippen molar-refractivity contribution in [2.24, 2.45) is 0 Å². The molecule has 136 valence electrons. The number of nitro benzene ring substituents is 1. The molecule has 2 aromatic rings. The first-order valence-corrected chi connectivity index (χ1v) is 8.81. The molecule has 1 saturated heterocycles. The Bertz CT molecular complexity index is 821. The number of aryl methyl sites for hydroxylation is 1. The smallest absolute Gasteiger partial charge is 0.293 e. The van der Waals surface area contributed by atoms with Crippen LogP contribution in [0.5, 0.6) is 0 Å². The minimum absolute atomic E-state index is 0.0671. The molecule has 2 aromatic carbocycles. The summed E-state index contributed by atoms with van der Waals surface area (Å²) in [5.41, 5.74) is 3.08. The molecule has 26 heavy (non-hydrogen) atoms. The number of nitrogens with zero attached hydrogens (tertiary/aromatic N) is 2. The highest BCUT2D eigenvalue weighted by Crippen LogP contribution is 2.33. The fourth-order valence-electron chi connectivity index (χ4n) is 3.54. The second-order valence-electron chi connectivity index (χ2n) is 6.75. The molecule has 1 amide bonds. The zero-order chi connectivity index (χ0) is 18.7. The van der Waals surface area contributed by atoms with Crippen LogP contribution in [-0.4, -0.2) is 28.8 Å². The van der Waals surface area contributed by atoms with Crippen molar-refractivity contribution in [2.75, 3.05) is 18.4 Å². The van der Waals surface area contributed by atoms with E-state index in [1.54, 1.807) is 13.0 Å². The lowest BCUT2D eigenvalue weighted by atomic mass is 10.0. The molecule has 0 saturated carbocycles. The first-order chi connectivity index (χ1) is 12.5. The summed E-state index contributed by atoms with van der Waals surface area (Å²) >= 11 is 0. The van der Waals surface area contributed by atoms with Gasteiger partial charge in [-0.05, 0) is 49.9 Å². The van der Waals surface area contributed by atoms with E-state index < -0.39 is 4.92 Å². The molecule has 1 aliphatic heterocycles. The number of anilines is 1. The van der Waals surface area contributed by atoms with E-state index in [4.69, 9.17) is 0 Å². The summed E-state index contributed by atoms with van der Waals surface area (Å²) in [7, 11) is 0. The quantitative estimate of drug-likeness (QED) is 0.651. The van der Waals surface area contributed by atoms with Crippen molar-refractivity contribution in [1.29, 1.82) is 0 Å². The van der Waals surface area contributed by atoms with E-state index in [2.05, 4.69) is 22.3 Å². The molecule has 1 heterocycles. The lowest BCUT2D eigenvalue weighted by Crippen LogP contribution is -2.33. The van der Waals surface area contributed by atoms with Gasteiger partial charge in [-0.25, -0.2) is 0 Å². The van der Waals surface area contributed by atoms with Crippen molar-refractivity contribution in [3.63, 3.8) is 0 Å². The summed E-state index contributed by atoms with van der Waals surface area (Å²) in [6.07, 6.45) is 2.05. The Morgan fingerprint density at radius 2 is 1.96 bits per heavy atom. The number of carbonyl (C=O) groups is 1. The van der Waals surface area contributed by atoms with E-state index in [-0.39, 0.29) is 24.2 Å². The fraction of sp³-hybridized carbons (Fsp3) is 0.350. The number of hydrogen-bond donors (Lipinski definition) is 1. The van der Waals surface area contributed by atoms with Crippen molar-refractivity contribution in [3.05, 3.63) is 69.3 Å². The van der Waals surface area contributed by atoms with Gasteiger partial charge in [0.2, 0.25) is 5.91 Å². The summed E-state index contributed by atoms with van der Waals surface area (Å²) in [6, 6.07) is 13.5. The standard InChI is InChI=1S/C20H23N3O3/c1-14-10-11-18(23(25)26)20(15(14)2)21-19(24)13-22-12-6-9-17(22)16-7-4-3-5-8-16/h3-5,7-8,10-11,17H,6,9,12-13H2,1-2H3,(H,21,24).